The molecule has 0 bridgehead atoms. The first-order valence-corrected chi connectivity index (χ1v) is 12.2. The Morgan fingerprint density at radius 3 is 1.72 bits per heavy atom. The zero-order valence-corrected chi connectivity index (χ0v) is 18.3. The van der Waals surface area contributed by atoms with E-state index in [1.54, 1.807) is 6.92 Å². The minimum Gasteiger partial charge on any atom is -0.377 e. The largest absolute Gasteiger partial charge is 0.382 e. The molecule has 0 aromatic heterocycles. The second-order valence-corrected chi connectivity index (χ2v) is 9.61. The van der Waals surface area contributed by atoms with E-state index in [9.17, 15) is 44.7 Å². The Labute approximate surface area is 182 Å². The lowest BCUT2D eigenvalue weighted by atomic mass is 9.79. The van der Waals surface area contributed by atoms with Crippen molar-refractivity contribution in [1.82, 2.24) is 0 Å². The average Bonchev–Trinajstić information content (AvgIpc) is 2.51. The van der Waals surface area contributed by atoms with E-state index in [2.05, 4.69) is 28.0 Å². The van der Waals surface area contributed by atoms with Crippen LogP contribution in [0.1, 0.15) is 23.5 Å². The van der Waals surface area contributed by atoms with E-state index in [-0.39, 0.29) is 0 Å². The van der Waals surface area contributed by atoms with E-state index in [1.807, 2.05) is 0 Å². The molecule has 1 aromatic rings. The lowest BCUT2D eigenvalue weighted by Crippen LogP contribution is -2.52. The summed E-state index contributed by atoms with van der Waals surface area (Å²) in [4.78, 5) is 36.8. The number of carbonyl (C=O) groups is 3. The Balaban J connectivity index is 3.73. The third-order valence-corrected chi connectivity index (χ3v) is 4.69. The van der Waals surface area contributed by atoms with Crippen molar-refractivity contribution >= 4 is 48.8 Å². The van der Waals surface area contributed by atoms with Gasteiger partial charge in [-0.1, -0.05) is 29.8 Å². The highest BCUT2D eigenvalue weighted by Crippen LogP contribution is 2.35. The summed E-state index contributed by atoms with van der Waals surface area (Å²) in [7, 11) is -15.2. The summed E-state index contributed by atoms with van der Waals surface area (Å²) >= 11 is 0. The summed E-state index contributed by atoms with van der Waals surface area (Å²) in [6, 6.07) is 4.73. The normalized spacial score (nSPS) is 15.2. The Morgan fingerprint density at radius 2 is 1.31 bits per heavy atom. The zero-order chi connectivity index (χ0) is 25.1. The molecule has 0 radical (unpaired) electrons. The molecule has 7 N–H and O–H groups in total. The predicted molar refractivity (Wildman–Crippen MR) is 101 cm³/mol. The second-order valence-electron chi connectivity index (χ2n) is 6.15. The SMILES string of the molecule is Cc1ccc(C(C(=O)OS(N)(=O)=O)C(O)(CC(=O)OS(N)(=O)=O)C(=O)OS(N)(=O)=O)cc1. The van der Waals surface area contributed by atoms with Crippen LogP contribution >= 0.6 is 0 Å². The average molecular weight is 519 g/mol. The number of hydrogen-bond donors (Lipinski definition) is 4. The molecule has 0 aliphatic rings. The van der Waals surface area contributed by atoms with Crippen LogP contribution in [0.5, 0.6) is 0 Å². The van der Waals surface area contributed by atoms with Crippen molar-refractivity contribution in [2.24, 2.45) is 15.4 Å². The zero-order valence-electron chi connectivity index (χ0n) is 15.9. The molecule has 32 heavy (non-hydrogen) atoms. The topological polar surface area (TPSA) is 280 Å². The molecule has 0 aliphatic carbocycles. The highest BCUT2D eigenvalue weighted by Gasteiger charge is 2.54. The van der Waals surface area contributed by atoms with Gasteiger partial charge >= 0.3 is 48.8 Å². The van der Waals surface area contributed by atoms with Gasteiger partial charge in [0.1, 0.15) is 5.92 Å². The minimum atomic E-state index is -5.16. The monoisotopic (exact) mass is 519 g/mol. The first kappa shape index (κ1) is 27.4. The summed E-state index contributed by atoms with van der Waals surface area (Å²) in [5, 5.41) is 24.6. The fourth-order valence-electron chi connectivity index (χ4n) is 2.38. The van der Waals surface area contributed by atoms with Crippen LogP contribution in [0, 0.1) is 6.92 Å². The molecule has 0 saturated heterocycles. The Bertz CT molecular complexity index is 1220. The molecule has 0 heterocycles. The lowest BCUT2D eigenvalue weighted by molar-refractivity contribution is -0.169. The van der Waals surface area contributed by atoms with Crippen LogP contribution < -0.4 is 15.4 Å². The van der Waals surface area contributed by atoms with Gasteiger partial charge in [0, 0.05) is 0 Å². The van der Waals surface area contributed by atoms with Gasteiger partial charge in [-0.2, -0.15) is 40.7 Å². The summed E-state index contributed by atoms with van der Waals surface area (Å²) < 4.78 is 78.2. The maximum Gasteiger partial charge on any atom is 0.382 e. The molecule has 2 atom stereocenters. The number of hydrogen-bond acceptors (Lipinski definition) is 13. The van der Waals surface area contributed by atoms with Crippen LogP contribution in [-0.2, 0) is 57.8 Å². The van der Waals surface area contributed by atoms with Gasteiger partial charge in [0.25, 0.3) is 0 Å². The molecule has 0 fully saturated rings. The molecule has 19 heteroatoms. The van der Waals surface area contributed by atoms with Crippen LogP contribution in [-0.4, -0.2) is 53.9 Å². The molecular formula is C13H17N3O13S3. The maximum absolute atomic E-state index is 12.5. The van der Waals surface area contributed by atoms with Gasteiger partial charge in [0.2, 0.25) is 0 Å². The van der Waals surface area contributed by atoms with Crippen LogP contribution in [0.4, 0.5) is 0 Å². The molecule has 0 aliphatic heterocycles. The quantitative estimate of drug-likeness (QED) is 0.246. The number of carbonyl (C=O) groups excluding carboxylic acids is 3. The van der Waals surface area contributed by atoms with Crippen molar-refractivity contribution in [2.75, 3.05) is 0 Å². The molecule has 0 spiro atoms. The molecule has 0 amide bonds. The van der Waals surface area contributed by atoms with E-state index in [0.29, 0.717) is 5.56 Å². The summed E-state index contributed by atoms with van der Waals surface area (Å²) in [5.41, 5.74) is -3.50. The molecule has 0 saturated carbocycles. The van der Waals surface area contributed by atoms with Gasteiger partial charge in [-0.3, -0.25) is 9.59 Å². The Kier molecular flexibility index (Phi) is 8.07. The van der Waals surface area contributed by atoms with Crippen LogP contribution in [0.25, 0.3) is 0 Å². The van der Waals surface area contributed by atoms with E-state index in [0.717, 1.165) is 12.1 Å². The van der Waals surface area contributed by atoms with Crippen LogP contribution in [0.3, 0.4) is 0 Å². The van der Waals surface area contributed by atoms with E-state index in [4.69, 9.17) is 0 Å². The summed E-state index contributed by atoms with van der Waals surface area (Å²) in [6.45, 7) is 1.58. The van der Waals surface area contributed by atoms with Gasteiger partial charge in [-0.25, -0.2) is 4.79 Å². The molecule has 180 valence electrons. The molecule has 16 nitrogen and oxygen atoms in total. The van der Waals surface area contributed by atoms with Gasteiger partial charge in [0.15, 0.2) is 5.60 Å². The number of aliphatic hydroxyl groups is 1. The predicted octanol–water partition coefficient (Wildman–Crippen LogP) is -3.56. The van der Waals surface area contributed by atoms with Gasteiger partial charge in [-0.15, -0.1) is 0 Å². The van der Waals surface area contributed by atoms with Crippen molar-refractivity contribution in [3.63, 3.8) is 0 Å². The van der Waals surface area contributed by atoms with Crippen molar-refractivity contribution in [3.05, 3.63) is 35.4 Å². The second kappa shape index (κ2) is 9.44. The highest BCUT2D eigenvalue weighted by atomic mass is 32.2. The Morgan fingerprint density at radius 1 is 0.875 bits per heavy atom. The van der Waals surface area contributed by atoms with Gasteiger partial charge in [0.05, 0.1) is 6.42 Å². The third kappa shape index (κ3) is 8.45. The standard InChI is InChI=1S/C13H17N3O13S3/c1-7-2-4-8(5-3-7)10(11(18)28-31(15,23)24)13(20,12(19)29-32(16,25)26)6-9(17)27-30(14,21)22/h2-5,10,20H,6H2,1H3,(H2,14,21,22)(H2,15,23,24)(H2,16,25,26). The molecule has 1 aromatic carbocycles. The van der Waals surface area contributed by atoms with Crippen LogP contribution in [0.15, 0.2) is 24.3 Å². The number of nitrogens with two attached hydrogens (primary N) is 3. The first-order chi connectivity index (χ1) is 14.2. The third-order valence-electron chi connectivity index (χ3n) is 3.49. The number of aryl methyl sites for hydroxylation is 1. The Hall–Kier alpha value is -2.68. The minimum absolute atomic E-state index is 0.415. The highest BCUT2D eigenvalue weighted by molar-refractivity contribution is 7.85. The van der Waals surface area contributed by atoms with Gasteiger partial charge < -0.3 is 17.7 Å². The lowest BCUT2D eigenvalue weighted by Gasteiger charge is -2.31. The fourth-order valence-corrected chi connectivity index (χ4v) is 3.38. The van der Waals surface area contributed by atoms with Crippen molar-refractivity contribution in [2.45, 2.75) is 24.9 Å². The van der Waals surface area contributed by atoms with Crippen molar-refractivity contribution < 1.29 is 57.3 Å². The molecule has 1 rings (SSSR count). The first-order valence-electron chi connectivity index (χ1n) is 7.80. The van der Waals surface area contributed by atoms with Crippen LogP contribution in [0.2, 0.25) is 0 Å². The number of rotatable bonds is 9. The smallest absolute Gasteiger partial charge is 0.377 e. The van der Waals surface area contributed by atoms with Gasteiger partial charge in [-0.05, 0) is 12.5 Å². The van der Waals surface area contributed by atoms with Crippen molar-refractivity contribution in [1.29, 1.82) is 0 Å². The summed E-state index contributed by atoms with van der Waals surface area (Å²) in [6.07, 6.45) is -1.80. The van der Waals surface area contributed by atoms with E-state index >= 15 is 0 Å². The maximum atomic E-state index is 12.5. The van der Waals surface area contributed by atoms with E-state index in [1.165, 1.54) is 12.1 Å². The molecule has 2 unspecified atom stereocenters. The van der Waals surface area contributed by atoms with Crippen molar-refractivity contribution in [3.8, 4) is 0 Å². The molecular weight excluding hydrogens is 502 g/mol. The summed E-state index contributed by atoms with van der Waals surface area (Å²) in [5.74, 6) is -8.76. The fraction of sp³-hybridized carbons (Fsp3) is 0.308. The number of benzene rings is 1. The van der Waals surface area contributed by atoms with E-state index < -0.39 is 72.3 Å².